The van der Waals surface area contributed by atoms with Crippen molar-refractivity contribution < 1.29 is 37.4 Å². The van der Waals surface area contributed by atoms with Crippen molar-refractivity contribution in [2.24, 2.45) is 17.3 Å². The fourth-order valence-corrected chi connectivity index (χ4v) is 9.86. The zero-order valence-corrected chi connectivity index (χ0v) is 37.3. The first kappa shape index (κ1) is 43.7. The number of hydrogen-bond acceptors (Lipinski definition) is 8. The lowest BCUT2D eigenvalue weighted by Gasteiger charge is -2.30. The van der Waals surface area contributed by atoms with Crippen LogP contribution in [0.1, 0.15) is 94.7 Å². The Balaban J connectivity index is 0.907. The Morgan fingerprint density at radius 1 is 0.692 bits per heavy atom. The highest BCUT2D eigenvalue weighted by atomic mass is 19.3. The molecule has 14 nitrogen and oxygen atoms in total. The van der Waals surface area contributed by atoms with Crippen LogP contribution in [0.3, 0.4) is 0 Å². The third-order valence-corrected chi connectivity index (χ3v) is 13.7. The molecular weight excluding hydrogens is 835 g/mol. The van der Waals surface area contributed by atoms with Gasteiger partial charge < -0.3 is 39.9 Å². The lowest BCUT2D eigenvalue weighted by atomic mass is 9.97. The molecule has 3 fully saturated rings. The van der Waals surface area contributed by atoms with Gasteiger partial charge in [-0.15, -0.1) is 0 Å². The number of hydrogen-bond donors (Lipinski definition) is 4. The van der Waals surface area contributed by atoms with Crippen LogP contribution >= 0.6 is 0 Å². The summed E-state index contributed by atoms with van der Waals surface area (Å²) in [6.45, 7) is 8.59. The van der Waals surface area contributed by atoms with E-state index in [0.29, 0.717) is 52.7 Å². The Kier molecular flexibility index (Phi) is 11.3. The molecule has 2 aliphatic carbocycles. The molecule has 4 N–H and O–H groups in total. The number of alkyl halides is 2. The van der Waals surface area contributed by atoms with Crippen LogP contribution in [0.25, 0.3) is 44.8 Å². The highest BCUT2D eigenvalue weighted by Gasteiger charge is 2.55. The molecule has 2 aromatic heterocycles. The second-order valence-electron chi connectivity index (χ2n) is 18.6. The maximum Gasteiger partial charge on any atom is 0.407 e. The van der Waals surface area contributed by atoms with Crippen molar-refractivity contribution in [3.63, 3.8) is 0 Å². The average molecular weight is 889 g/mol. The molecule has 1 saturated carbocycles. The van der Waals surface area contributed by atoms with Crippen LogP contribution in [0.5, 0.6) is 0 Å². The van der Waals surface area contributed by atoms with Crippen LogP contribution in [-0.2, 0) is 25.0 Å². The lowest BCUT2D eigenvalue weighted by molar-refractivity contribution is -0.136. The number of benzene rings is 3. The fourth-order valence-electron chi connectivity index (χ4n) is 9.86. The third-order valence-electron chi connectivity index (χ3n) is 13.7. The zero-order chi connectivity index (χ0) is 45.9. The summed E-state index contributed by atoms with van der Waals surface area (Å²) in [5.74, 6) is -2.76. The van der Waals surface area contributed by atoms with Gasteiger partial charge in [-0.05, 0) is 89.3 Å². The van der Waals surface area contributed by atoms with Crippen LogP contribution in [0.2, 0.25) is 0 Å². The van der Waals surface area contributed by atoms with Gasteiger partial charge in [0, 0.05) is 29.8 Å². The van der Waals surface area contributed by atoms with E-state index in [2.05, 4.69) is 30.6 Å². The normalized spacial score (nSPS) is 19.8. The Bertz CT molecular complexity index is 2650. The van der Waals surface area contributed by atoms with E-state index in [9.17, 15) is 19.2 Å². The van der Waals surface area contributed by atoms with Crippen molar-refractivity contribution in [2.75, 3.05) is 27.3 Å². The van der Waals surface area contributed by atoms with Crippen LogP contribution in [0, 0.1) is 17.3 Å². The summed E-state index contributed by atoms with van der Waals surface area (Å²) in [6, 6.07) is 15.7. The summed E-state index contributed by atoms with van der Waals surface area (Å²) < 4.78 is 42.6. The average Bonchev–Trinajstić information content (AvgIpc) is 3.90. The molecule has 1 spiro atoms. The van der Waals surface area contributed by atoms with Crippen molar-refractivity contribution in [3.8, 4) is 44.8 Å². The molecule has 9 rings (SSSR count). The van der Waals surface area contributed by atoms with E-state index < -0.39 is 30.2 Å². The number of methoxy groups -OCH3 is 2. The maximum atomic E-state index is 16.5. The first-order chi connectivity index (χ1) is 31.1. The standard InChI is InChI=1S/C49H54F2N8O6/c1-26(2)40(56-46(62)64-5)44(60)58-19-7-8-38(58)42-52-23-36(54-42)29-11-9-28(10-12-29)30-13-15-32-33-16-14-31(21-35(33)49(50,51)34(32)20-30)37-24-53-43(55-37)39-22-48(17-18-48)25-59(39)45(61)41(27(3)4)57-47(63)65-6/h9-16,20-21,23-24,26-27,38-41H,7-8,17-19,22,25H2,1-6H3,(H,52,54)(H,53,55)(H,56,62)(H,57,63)/t38-,39-,40?,41-/m0/s1. The number of imidazole rings is 2. The SMILES string of the molecule is COC(=O)NC(C(=O)N1CCC[C@H]1c1ncc(-c2ccc(-c3ccc4c(c3)C(F)(F)c3cc(-c5cnc([C@@H]6CC7(CC7)CN6C(=O)[C@@H](NC(=O)OC)C(C)C)[nH]5)ccc3-4)cc2)[nH]1)C(C)C. The van der Waals surface area contributed by atoms with Crippen molar-refractivity contribution in [1.82, 2.24) is 40.4 Å². The van der Waals surface area contributed by atoms with E-state index in [-0.39, 0.29) is 52.3 Å². The van der Waals surface area contributed by atoms with E-state index in [1.807, 2.05) is 64.1 Å². The number of carbonyl (C=O) groups is 4. The molecule has 5 aromatic rings. The summed E-state index contributed by atoms with van der Waals surface area (Å²) in [7, 11) is 2.53. The van der Waals surface area contributed by atoms with Crippen molar-refractivity contribution in [2.45, 2.75) is 89.9 Å². The number of nitrogens with one attached hydrogen (secondary N) is 4. The van der Waals surface area contributed by atoms with Crippen molar-refractivity contribution in [1.29, 1.82) is 0 Å². The molecule has 16 heteroatoms. The summed E-state index contributed by atoms with van der Waals surface area (Å²) in [6.07, 6.45) is 6.28. The third kappa shape index (κ3) is 8.01. The molecule has 0 radical (unpaired) electrons. The minimum absolute atomic E-state index is 0.0135. The predicted octanol–water partition coefficient (Wildman–Crippen LogP) is 8.73. The second kappa shape index (κ2) is 16.8. The first-order valence-electron chi connectivity index (χ1n) is 22.3. The van der Waals surface area contributed by atoms with Gasteiger partial charge in [0.05, 0.1) is 50.1 Å². The van der Waals surface area contributed by atoms with E-state index in [4.69, 9.17) is 9.47 Å². The van der Waals surface area contributed by atoms with E-state index in [1.165, 1.54) is 20.3 Å². The number of ether oxygens (including phenoxy) is 2. The number of halogens is 2. The predicted molar refractivity (Wildman–Crippen MR) is 238 cm³/mol. The number of aromatic nitrogens is 4. The van der Waals surface area contributed by atoms with Crippen LogP contribution < -0.4 is 10.6 Å². The number of H-pyrrole nitrogens is 2. The summed E-state index contributed by atoms with van der Waals surface area (Å²) in [4.78, 5) is 71.3. The van der Waals surface area contributed by atoms with Gasteiger partial charge in [-0.25, -0.2) is 19.6 Å². The van der Waals surface area contributed by atoms with Gasteiger partial charge in [0.15, 0.2) is 0 Å². The highest BCUT2D eigenvalue weighted by molar-refractivity contribution is 5.88. The van der Waals surface area contributed by atoms with Gasteiger partial charge >= 0.3 is 12.2 Å². The quantitative estimate of drug-likeness (QED) is 0.102. The number of nitrogens with zero attached hydrogens (tertiary/aromatic N) is 4. The highest BCUT2D eigenvalue weighted by Crippen LogP contribution is 2.58. The molecule has 1 unspecified atom stereocenters. The number of fused-ring (bicyclic) bond motifs is 3. The molecule has 0 bridgehead atoms. The largest absolute Gasteiger partial charge is 0.453 e. The fraction of sp³-hybridized carbons (Fsp3) is 0.429. The first-order valence-corrected chi connectivity index (χ1v) is 22.3. The lowest BCUT2D eigenvalue weighted by Crippen LogP contribution is -2.51. The molecule has 2 aliphatic heterocycles. The summed E-state index contributed by atoms with van der Waals surface area (Å²) >= 11 is 0. The van der Waals surface area contributed by atoms with Crippen molar-refractivity contribution >= 4 is 24.0 Å². The Labute approximate surface area is 375 Å². The molecule has 4 aliphatic rings. The number of likely N-dealkylation sites (tertiary alicyclic amines) is 2. The van der Waals surface area contributed by atoms with E-state index >= 15 is 8.78 Å². The number of rotatable bonds is 11. The number of amides is 4. The Hall–Kier alpha value is -6.58. The minimum atomic E-state index is -3.27. The van der Waals surface area contributed by atoms with Crippen LogP contribution in [0.15, 0.2) is 73.1 Å². The molecule has 4 amide bonds. The number of alkyl carbamates (subject to hydrolysis) is 2. The van der Waals surface area contributed by atoms with Gasteiger partial charge in [0.25, 0.3) is 5.92 Å². The molecule has 340 valence electrons. The topological polar surface area (TPSA) is 175 Å². The minimum Gasteiger partial charge on any atom is -0.453 e. The summed E-state index contributed by atoms with van der Waals surface area (Å²) in [5, 5.41) is 5.37. The van der Waals surface area contributed by atoms with Gasteiger partial charge in [0.2, 0.25) is 11.8 Å². The molecular formula is C49H54F2N8O6. The number of aromatic amines is 2. The second-order valence-corrected chi connectivity index (χ2v) is 18.6. The summed E-state index contributed by atoms with van der Waals surface area (Å²) in [5.41, 5.74) is 4.94. The van der Waals surface area contributed by atoms with Gasteiger partial charge in [-0.3, -0.25) is 9.59 Å². The van der Waals surface area contributed by atoms with Crippen LogP contribution in [0.4, 0.5) is 18.4 Å². The number of carbonyl (C=O) groups excluding carboxylic acids is 4. The maximum absolute atomic E-state index is 16.5. The molecule has 4 heterocycles. The Morgan fingerprint density at radius 2 is 1.18 bits per heavy atom. The van der Waals surface area contributed by atoms with Gasteiger partial charge in [0.1, 0.15) is 23.7 Å². The molecule has 4 atom stereocenters. The van der Waals surface area contributed by atoms with Gasteiger partial charge in [-0.1, -0.05) is 76.2 Å². The smallest absolute Gasteiger partial charge is 0.407 e. The van der Waals surface area contributed by atoms with E-state index in [1.54, 1.807) is 40.4 Å². The van der Waals surface area contributed by atoms with Crippen molar-refractivity contribution in [3.05, 3.63) is 95.8 Å². The molecule has 3 aromatic carbocycles. The van der Waals surface area contributed by atoms with E-state index in [0.717, 1.165) is 48.9 Å². The van der Waals surface area contributed by atoms with Gasteiger partial charge in [-0.2, -0.15) is 8.78 Å². The Morgan fingerprint density at radius 3 is 1.74 bits per heavy atom. The van der Waals surface area contributed by atoms with Crippen LogP contribution in [-0.4, -0.2) is 93.1 Å². The monoisotopic (exact) mass is 888 g/mol. The molecule has 2 saturated heterocycles. The molecule has 65 heavy (non-hydrogen) atoms. The zero-order valence-electron chi connectivity index (χ0n) is 37.3.